The largest absolute Gasteiger partial charge is 0.494 e. The fraction of sp³-hybridized carbons (Fsp3) is 0.405. The van der Waals surface area contributed by atoms with Crippen LogP contribution in [0.5, 0.6) is 11.5 Å². The molecule has 4 aromatic heterocycles. The summed E-state index contributed by atoms with van der Waals surface area (Å²) < 4.78 is 19.0. The van der Waals surface area contributed by atoms with Crippen LogP contribution in [0.4, 0.5) is 11.9 Å². The molecule has 1 saturated heterocycles. The highest BCUT2D eigenvalue weighted by Crippen LogP contribution is 2.34. The van der Waals surface area contributed by atoms with E-state index in [0.717, 1.165) is 39.1 Å². The first kappa shape index (κ1) is 43.5. The van der Waals surface area contributed by atoms with Gasteiger partial charge in [-0.15, -0.1) is 0 Å². The monoisotopic (exact) mass is 850 g/mol. The van der Waals surface area contributed by atoms with Gasteiger partial charge < -0.3 is 45.4 Å². The van der Waals surface area contributed by atoms with E-state index in [9.17, 15) is 19.5 Å². The molecule has 20 heteroatoms. The molecule has 62 heavy (non-hydrogen) atoms. The van der Waals surface area contributed by atoms with E-state index in [1.807, 2.05) is 44.4 Å². The summed E-state index contributed by atoms with van der Waals surface area (Å²) in [6, 6.07) is 9.87. The number of amides is 3. The lowest BCUT2D eigenvalue weighted by Gasteiger charge is -2.27. The second kappa shape index (κ2) is 19.0. The molecule has 0 bridgehead atoms. The number of aliphatic hydroxyl groups is 1. The fourth-order valence-electron chi connectivity index (χ4n) is 7.64. The van der Waals surface area contributed by atoms with E-state index < -0.39 is 23.9 Å². The average molecular weight is 851 g/mol. The number of primary amides is 1. The van der Waals surface area contributed by atoms with E-state index in [-0.39, 0.29) is 30.5 Å². The molecule has 1 fully saturated rings. The summed E-state index contributed by atoms with van der Waals surface area (Å²) in [5.41, 5.74) is 16.3. The number of nitrogens with zero attached hydrogens (tertiary/aromatic N) is 9. The Morgan fingerprint density at radius 3 is 1.90 bits per heavy atom. The van der Waals surface area contributed by atoms with Gasteiger partial charge in [-0.2, -0.15) is 10.2 Å². The Labute approximate surface area is 357 Å². The van der Waals surface area contributed by atoms with Gasteiger partial charge in [-0.05, 0) is 70.5 Å². The highest BCUT2D eigenvalue weighted by Gasteiger charge is 2.24. The maximum absolute atomic E-state index is 13.8. The van der Waals surface area contributed by atoms with Gasteiger partial charge in [0.15, 0.2) is 0 Å². The highest BCUT2D eigenvalue weighted by atomic mass is 16.5. The number of carbonyl (C=O) groups is 3. The molecule has 5 heterocycles. The third-order valence-corrected chi connectivity index (χ3v) is 10.6. The third kappa shape index (κ3) is 9.32. The molecule has 6 aromatic rings. The predicted molar refractivity (Wildman–Crippen MR) is 233 cm³/mol. The van der Waals surface area contributed by atoms with Crippen molar-refractivity contribution in [2.75, 3.05) is 57.1 Å². The van der Waals surface area contributed by atoms with E-state index in [1.165, 1.54) is 13.2 Å². The molecule has 2 aromatic carbocycles. The summed E-state index contributed by atoms with van der Waals surface area (Å²) in [5, 5.41) is 28.6. The lowest BCUT2D eigenvalue weighted by atomic mass is 10.1. The van der Waals surface area contributed by atoms with Crippen LogP contribution in [0.1, 0.15) is 74.8 Å². The minimum Gasteiger partial charge on any atom is -0.494 e. The molecule has 328 valence electrons. The Kier molecular flexibility index (Phi) is 13.3. The quantitative estimate of drug-likeness (QED) is 0.0414. The number of ether oxygens (including phenoxy) is 2. The van der Waals surface area contributed by atoms with Crippen LogP contribution in [0, 0.1) is 13.8 Å². The van der Waals surface area contributed by atoms with Crippen LogP contribution < -0.4 is 36.9 Å². The summed E-state index contributed by atoms with van der Waals surface area (Å²) in [7, 11) is 1.47. The number of fused-ring (bicyclic) bond motifs is 2. The van der Waals surface area contributed by atoms with Gasteiger partial charge in [-0.25, -0.2) is 9.97 Å². The summed E-state index contributed by atoms with van der Waals surface area (Å²) in [6.07, 6.45) is 3.22. The van der Waals surface area contributed by atoms with Crippen molar-refractivity contribution in [2.45, 2.75) is 66.5 Å². The molecule has 0 spiro atoms. The maximum atomic E-state index is 13.8. The number of imidazole rings is 2. The zero-order valence-corrected chi connectivity index (χ0v) is 35.6. The molecule has 7 rings (SSSR count). The van der Waals surface area contributed by atoms with Crippen LogP contribution in [0.2, 0.25) is 0 Å². The van der Waals surface area contributed by atoms with Crippen molar-refractivity contribution in [3.05, 3.63) is 82.5 Å². The van der Waals surface area contributed by atoms with Crippen LogP contribution in [0.3, 0.4) is 0 Å². The van der Waals surface area contributed by atoms with Crippen molar-refractivity contribution in [1.29, 1.82) is 0 Å². The summed E-state index contributed by atoms with van der Waals surface area (Å²) in [6.45, 7) is 13.9. The number of anilines is 2. The molecule has 1 aliphatic heterocycles. The number of aromatic nitrogens is 8. The van der Waals surface area contributed by atoms with Gasteiger partial charge in [0.1, 0.15) is 40.1 Å². The Hall–Kier alpha value is -6.61. The van der Waals surface area contributed by atoms with Crippen LogP contribution in [-0.4, -0.2) is 113 Å². The number of aliphatic hydroxyl groups excluding tert-OH is 1. The molecule has 1 unspecified atom stereocenters. The third-order valence-electron chi connectivity index (χ3n) is 10.6. The van der Waals surface area contributed by atoms with Gasteiger partial charge in [0, 0.05) is 70.0 Å². The van der Waals surface area contributed by atoms with E-state index in [1.54, 1.807) is 44.3 Å². The van der Waals surface area contributed by atoms with Crippen molar-refractivity contribution in [2.24, 2.45) is 11.5 Å². The fourth-order valence-corrected chi connectivity index (χ4v) is 7.64. The molecule has 0 radical (unpaired) electrons. The van der Waals surface area contributed by atoms with Crippen LogP contribution in [0.25, 0.3) is 22.1 Å². The first-order valence-electron chi connectivity index (χ1n) is 20.7. The zero-order valence-electron chi connectivity index (χ0n) is 35.6. The molecule has 0 aliphatic carbocycles. The summed E-state index contributed by atoms with van der Waals surface area (Å²) in [4.78, 5) is 51.7. The minimum atomic E-state index is -1.30. The summed E-state index contributed by atoms with van der Waals surface area (Å²) >= 11 is 0. The maximum Gasteiger partial charge on any atom is 0.276 e. The molecule has 1 aliphatic rings. The Morgan fingerprint density at radius 1 is 0.839 bits per heavy atom. The lowest BCUT2D eigenvalue weighted by molar-refractivity contribution is 0.0994. The van der Waals surface area contributed by atoms with Crippen molar-refractivity contribution in [1.82, 2.24) is 48.9 Å². The topological polar surface area (TPSA) is 253 Å². The number of carbonyl (C=O) groups excluding carboxylic acids is 3. The molecular weight excluding hydrogens is 797 g/mol. The van der Waals surface area contributed by atoms with Crippen LogP contribution in [0.15, 0.2) is 48.6 Å². The number of nitrogens with two attached hydrogens (primary N) is 2. The van der Waals surface area contributed by atoms with Gasteiger partial charge in [-0.3, -0.25) is 34.4 Å². The number of allylic oxidation sites excluding steroid dienone is 2. The van der Waals surface area contributed by atoms with Crippen molar-refractivity contribution < 1.29 is 29.0 Å². The molecule has 8 N–H and O–H groups in total. The van der Waals surface area contributed by atoms with Gasteiger partial charge >= 0.3 is 0 Å². The van der Waals surface area contributed by atoms with E-state index in [4.69, 9.17) is 30.9 Å². The van der Waals surface area contributed by atoms with Gasteiger partial charge in [-0.1, -0.05) is 12.2 Å². The number of nitrogens with one attached hydrogen (secondary N) is 3. The number of hydrogen-bond acceptors (Lipinski definition) is 13. The van der Waals surface area contributed by atoms with Gasteiger partial charge in [0.05, 0.1) is 36.1 Å². The molecule has 3 amide bonds. The minimum absolute atomic E-state index is 0.187. The molecule has 20 nitrogen and oxygen atoms in total. The Morgan fingerprint density at radius 2 is 1.39 bits per heavy atom. The van der Waals surface area contributed by atoms with Crippen molar-refractivity contribution >= 4 is 51.7 Å². The Balaban J connectivity index is 1.25. The predicted octanol–water partition coefficient (Wildman–Crippen LogP) is 2.93. The second-order valence-corrected chi connectivity index (χ2v) is 15.0. The van der Waals surface area contributed by atoms with Crippen molar-refractivity contribution in [3.8, 4) is 11.5 Å². The highest BCUT2D eigenvalue weighted by molar-refractivity contribution is 6.05. The van der Waals surface area contributed by atoms with Crippen LogP contribution in [-0.2, 0) is 26.2 Å². The lowest BCUT2D eigenvalue weighted by Crippen LogP contribution is -2.43. The van der Waals surface area contributed by atoms with E-state index in [0.29, 0.717) is 81.6 Å². The Bertz CT molecular complexity index is 2630. The van der Waals surface area contributed by atoms with Crippen molar-refractivity contribution in [3.63, 3.8) is 0 Å². The summed E-state index contributed by atoms with van der Waals surface area (Å²) in [5.74, 6) is -0.281. The number of benzene rings is 2. The number of aryl methyl sites for hydroxylation is 4. The second-order valence-electron chi connectivity index (χ2n) is 15.0. The van der Waals surface area contributed by atoms with Crippen LogP contribution >= 0.6 is 0 Å². The number of rotatable bonds is 18. The smallest absolute Gasteiger partial charge is 0.276 e. The first-order chi connectivity index (χ1) is 29.9. The van der Waals surface area contributed by atoms with E-state index in [2.05, 4.69) is 31.0 Å². The van der Waals surface area contributed by atoms with E-state index >= 15 is 0 Å². The standard InChI is InChI=1S/C42H54N14O6/c1-6-55-31(19-25(3)50-55)39(59)48-41-46-29-21-27(37(43)57)23-33(61-5)35(29)53(41)14-8-9-15-54-36-30(47-42(54)49-40(60)32-20-26(4)51-56(32)7-2)22-28(38(44)58)24-34(36)62-18-10-13-52-16-11-45-12-17-52/h8-9,19-24,38,45,58H,6-7,10-18,44H2,1-5H3,(H2,43,57)(H,46,48,59)(H,47,49,60)/b9-8+. The molecular formula is C42H54N14O6. The SMILES string of the molecule is CCn1nc(C)cc1C(=O)Nc1nc2cc(C(N)=O)cc(OC)c2n1C/C=C/Cn1c(NC(=O)c2cc(C)nn2CC)nc2cc(C(N)O)cc(OCCCN3CCNCC3)c21. The zero-order chi connectivity index (χ0) is 44.1. The number of methoxy groups -OCH3 is 1. The van der Waals surface area contributed by atoms with Gasteiger partial charge in [0.2, 0.25) is 17.8 Å². The normalized spacial score (nSPS) is 13.9. The van der Waals surface area contributed by atoms with Gasteiger partial charge in [0.25, 0.3) is 11.8 Å². The molecule has 1 atom stereocenters. The number of piperazine rings is 1. The first-order valence-corrected chi connectivity index (χ1v) is 20.7. The number of hydrogen-bond donors (Lipinski definition) is 6. The molecule has 0 saturated carbocycles. The average Bonchev–Trinajstić information content (AvgIpc) is 4.03.